The fourth-order valence-corrected chi connectivity index (χ4v) is 2.03. The van der Waals surface area contributed by atoms with E-state index >= 15 is 0 Å². The number of benzene rings is 1. The predicted molar refractivity (Wildman–Crippen MR) is 73.5 cm³/mol. The van der Waals surface area contributed by atoms with Crippen molar-refractivity contribution in [3.63, 3.8) is 0 Å². The fraction of sp³-hybridized carbons (Fsp3) is 0.400. The molecule has 0 saturated heterocycles. The second-order valence-electron chi connectivity index (χ2n) is 4.48. The molecule has 1 aromatic heterocycles. The summed E-state index contributed by atoms with van der Waals surface area (Å²) >= 11 is 0. The zero-order valence-electron chi connectivity index (χ0n) is 11.5. The van der Waals surface area contributed by atoms with Gasteiger partial charge in [0.15, 0.2) is 0 Å². The summed E-state index contributed by atoms with van der Waals surface area (Å²) < 4.78 is 7.39. The van der Waals surface area contributed by atoms with Crippen molar-refractivity contribution in [1.29, 1.82) is 0 Å². The van der Waals surface area contributed by atoms with E-state index in [2.05, 4.69) is 37.1 Å². The molecule has 2 rings (SSSR count). The Morgan fingerprint density at radius 2 is 2.06 bits per heavy atom. The molecule has 0 spiro atoms. The van der Waals surface area contributed by atoms with E-state index in [1.54, 1.807) is 0 Å². The second kappa shape index (κ2) is 5.36. The Kier molecular flexibility index (Phi) is 3.82. The van der Waals surface area contributed by atoms with Gasteiger partial charge in [-0.2, -0.15) is 5.10 Å². The summed E-state index contributed by atoms with van der Waals surface area (Å²) in [6.07, 6.45) is 1.95. The highest BCUT2D eigenvalue weighted by atomic mass is 16.5. The number of rotatable bonds is 4. The molecule has 0 aliphatic rings. The molecule has 0 saturated carbocycles. The molecule has 18 heavy (non-hydrogen) atoms. The Bertz CT molecular complexity index is 531. The molecule has 0 aliphatic carbocycles. The van der Waals surface area contributed by atoms with Gasteiger partial charge in [-0.1, -0.05) is 18.2 Å². The van der Waals surface area contributed by atoms with Crippen LogP contribution in [0.5, 0.6) is 0 Å². The summed E-state index contributed by atoms with van der Waals surface area (Å²) in [5.41, 5.74) is 4.77. The van der Waals surface area contributed by atoms with Gasteiger partial charge >= 0.3 is 0 Å². The Labute approximate surface area is 108 Å². The van der Waals surface area contributed by atoms with Gasteiger partial charge in [-0.15, -0.1) is 0 Å². The molecule has 1 heterocycles. The molecule has 1 atom stereocenters. The molecule has 0 aliphatic heterocycles. The van der Waals surface area contributed by atoms with Crippen molar-refractivity contribution in [2.24, 2.45) is 0 Å². The van der Waals surface area contributed by atoms with Crippen LogP contribution in [0.1, 0.15) is 31.2 Å². The summed E-state index contributed by atoms with van der Waals surface area (Å²) in [6, 6.07) is 8.35. The summed E-state index contributed by atoms with van der Waals surface area (Å²) in [7, 11) is 0. The third-order valence-electron chi connectivity index (χ3n) is 3.27. The molecule has 2 aromatic rings. The third kappa shape index (κ3) is 2.46. The van der Waals surface area contributed by atoms with Crippen LogP contribution >= 0.6 is 0 Å². The van der Waals surface area contributed by atoms with E-state index in [9.17, 15) is 0 Å². The summed E-state index contributed by atoms with van der Waals surface area (Å²) in [6.45, 7) is 8.95. The molecule has 0 amide bonds. The van der Waals surface area contributed by atoms with Crippen LogP contribution in [0.25, 0.3) is 11.3 Å². The maximum absolute atomic E-state index is 5.53. The maximum atomic E-state index is 5.53. The lowest BCUT2D eigenvalue weighted by Crippen LogP contribution is -2.09. The second-order valence-corrected chi connectivity index (χ2v) is 4.48. The molecule has 0 N–H and O–H groups in total. The molecular weight excluding hydrogens is 224 g/mol. The van der Waals surface area contributed by atoms with Crippen LogP contribution in [-0.4, -0.2) is 16.4 Å². The number of hydrogen-bond donors (Lipinski definition) is 0. The molecule has 96 valence electrons. The van der Waals surface area contributed by atoms with Crippen LogP contribution in [-0.2, 0) is 4.74 Å². The molecule has 1 aromatic carbocycles. The van der Waals surface area contributed by atoms with Crippen LogP contribution < -0.4 is 0 Å². The van der Waals surface area contributed by atoms with Gasteiger partial charge in [0.1, 0.15) is 6.23 Å². The SMILES string of the molecule is CCOC(C)n1ccc(-c2cccc(C)c2C)n1. The summed E-state index contributed by atoms with van der Waals surface area (Å²) in [5, 5.41) is 4.59. The lowest BCUT2D eigenvalue weighted by molar-refractivity contribution is 0.0161. The first-order valence-electron chi connectivity index (χ1n) is 6.36. The summed E-state index contributed by atoms with van der Waals surface area (Å²) in [5.74, 6) is 0. The van der Waals surface area contributed by atoms with Gasteiger partial charge in [0.2, 0.25) is 0 Å². The van der Waals surface area contributed by atoms with Gasteiger partial charge in [0.25, 0.3) is 0 Å². The highest BCUT2D eigenvalue weighted by molar-refractivity contribution is 5.64. The van der Waals surface area contributed by atoms with Crippen molar-refractivity contribution in [3.8, 4) is 11.3 Å². The first kappa shape index (κ1) is 12.8. The first-order valence-corrected chi connectivity index (χ1v) is 6.36. The van der Waals surface area contributed by atoms with E-state index in [-0.39, 0.29) is 6.23 Å². The minimum Gasteiger partial charge on any atom is -0.357 e. The van der Waals surface area contributed by atoms with Crippen LogP contribution in [0.4, 0.5) is 0 Å². The lowest BCUT2D eigenvalue weighted by atomic mass is 10.0. The van der Waals surface area contributed by atoms with E-state index < -0.39 is 0 Å². The monoisotopic (exact) mass is 244 g/mol. The molecular formula is C15H20N2O. The number of hydrogen-bond acceptors (Lipinski definition) is 2. The molecule has 3 nitrogen and oxygen atoms in total. The predicted octanol–water partition coefficient (Wildman–Crippen LogP) is 3.72. The highest BCUT2D eigenvalue weighted by Gasteiger charge is 2.09. The standard InChI is InChI=1S/C15H20N2O/c1-5-18-13(4)17-10-9-15(16-17)14-8-6-7-11(2)12(14)3/h6-10,13H,5H2,1-4H3. The van der Waals surface area contributed by atoms with Crippen molar-refractivity contribution in [2.45, 2.75) is 33.9 Å². The van der Waals surface area contributed by atoms with Gasteiger partial charge in [0, 0.05) is 18.4 Å². The van der Waals surface area contributed by atoms with Gasteiger partial charge in [-0.3, -0.25) is 0 Å². The summed E-state index contributed by atoms with van der Waals surface area (Å²) in [4.78, 5) is 0. The molecule has 3 heteroatoms. The Balaban J connectivity index is 2.32. The number of aromatic nitrogens is 2. The van der Waals surface area contributed by atoms with E-state index in [4.69, 9.17) is 4.74 Å². The Morgan fingerprint density at radius 1 is 1.28 bits per heavy atom. The normalized spacial score (nSPS) is 12.7. The zero-order valence-corrected chi connectivity index (χ0v) is 11.5. The minimum absolute atomic E-state index is 0.0196. The van der Waals surface area contributed by atoms with Crippen LogP contribution in [0, 0.1) is 13.8 Å². The minimum atomic E-state index is -0.0196. The van der Waals surface area contributed by atoms with Crippen LogP contribution in [0.3, 0.4) is 0 Å². The van der Waals surface area contributed by atoms with Gasteiger partial charge in [0.05, 0.1) is 5.69 Å². The van der Waals surface area contributed by atoms with Crippen molar-refractivity contribution in [2.75, 3.05) is 6.61 Å². The van der Waals surface area contributed by atoms with Crippen molar-refractivity contribution in [3.05, 3.63) is 41.6 Å². The fourth-order valence-electron chi connectivity index (χ4n) is 2.03. The van der Waals surface area contributed by atoms with Gasteiger partial charge in [-0.05, 0) is 44.9 Å². The van der Waals surface area contributed by atoms with Crippen molar-refractivity contribution in [1.82, 2.24) is 9.78 Å². The van der Waals surface area contributed by atoms with E-state index in [1.807, 2.05) is 30.8 Å². The molecule has 1 unspecified atom stereocenters. The van der Waals surface area contributed by atoms with Crippen LogP contribution in [0.15, 0.2) is 30.5 Å². The topological polar surface area (TPSA) is 27.1 Å². The molecule has 0 fully saturated rings. The molecule has 0 bridgehead atoms. The quantitative estimate of drug-likeness (QED) is 0.819. The van der Waals surface area contributed by atoms with Crippen LogP contribution in [0.2, 0.25) is 0 Å². The number of ether oxygens (including phenoxy) is 1. The number of aryl methyl sites for hydroxylation is 1. The van der Waals surface area contributed by atoms with Crippen molar-refractivity contribution < 1.29 is 4.74 Å². The first-order chi connectivity index (χ1) is 8.63. The largest absolute Gasteiger partial charge is 0.357 e. The van der Waals surface area contributed by atoms with Gasteiger partial charge < -0.3 is 4.74 Å². The number of nitrogens with zero attached hydrogens (tertiary/aromatic N) is 2. The maximum Gasteiger partial charge on any atom is 0.147 e. The van der Waals surface area contributed by atoms with E-state index in [1.165, 1.54) is 16.7 Å². The average Bonchev–Trinajstić information content (AvgIpc) is 2.82. The smallest absolute Gasteiger partial charge is 0.147 e. The van der Waals surface area contributed by atoms with Gasteiger partial charge in [-0.25, -0.2) is 4.68 Å². The van der Waals surface area contributed by atoms with E-state index in [0.29, 0.717) is 6.61 Å². The lowest BCUT2D eigenvalue weighted by Gasteiger charge is -2.11. The average molecular weight is 244 g/mol. The Morgan fingerprint density at radius 3 is 2.78 bits per heavy atom. The third-order valence-corrected chi connectivity index (χ3v) is 3.27. The molecule has 0 radical (unpaired) electrons. The highest BCUT2D eigenvalue weighted by Crippen LogP contribution is 2.24. The van der Waals surface area contributed by atoms with E-state index in [0.717, 1.165) is 5.69 Å². The zero-order chi connectivity index (χ0) is 13.1. The van der Waals surface area contributed by atoms with Crippen molar-refractivity contribution >= 4 is 0 Å². The Hall–Kier alpha value is -1.61.